The van der Waals surface area contributed by atoms with Crippen LogP contribution in [0, 0.1) is 6.92 Å². The molecule has 0 aromatic heterocycles. The number of nitrogens with zero attached hydrogens (tertiary/aromatic N) is 1. The average molecular weight is 466 g/mol. The number of rotatable bonds is 12. The highest BCUT2D eigenvalue weighted by Gasteiger charge is 2.29. The minimum atomic E-state index is -0.355. The van der Waals surface area contributed by atoms with E-state index in [2.05, 4.69) is 35.8 Å². The fraction of sp³-hybridized carbons (Fsp3) is 0.385. The molecule has 0 unspecified atom stereocenters. The molecule has 0 saturated carbocycles. The van der Waals surface area contributed by atoms with Gasteiger partial charge in [0, 0.05) is 31.6 Å². The second-order valence-electron chi connectivity index (χ2n) is 8.37. The van der Waals surface area contributed by atoms with Crippen LogP contribution < -0.4 is 10.6 Å². The van der Waals surface area contributed by atoms with Crippen molar-refractivity contribution in [1.82, 2.24) is 10.2 Å². The maximum absolute atomic E-state index is 12.0. The van der Waals surface area contributed by atoms with Crippen LogP contribution in [0.25, 0.3) is 0 Å². The molecular weight excluding hydrogens is 434 g/mol. The van der Waals surface area contributed by atoms with Crippen LogP contribution in [0.1, 0.15) is 36.0 Å². The first kappa shape index (κ1) is 25.1. The van der Waals surface area contributed by atoms with Gasteiger partial charge in [0.25, 0.3) is 0 Å². The lowest BCUT2D eigenvalue weighted by atomic mass is 10.1. The Labute approximate surface area is 199 Å². The van der Waals surface area contributed by atoms with E-state index in [0.29, 0.717) is 31.6 Å². The van der Waals surface area contributed by atoms with Crippen LogP contribution in [0.5, 0.6) is 0 Å². The van der Waals surface area contributed by atoms with Gasteiger partial charge in [0.2, 0.25) is 23.6 Å². The van der Waals surface area contributed by atoms with E-state index in [1.165, 1.54) is 16.0 Å². The molecule has 2 aromatic carbocycles. The van der Waals surface area contributed by atoms with E-state index in [9.17, 15) is 19.2 Å². The lowest BCUT2D eigenvalue weighted by molar-refractivity contribution is -0.152. The normalized spacial score (nSPS) is 12.7. The van der Waals surface area contributed by atoms with Gasteiger partial charge in [-0.05, 0) is 49.4 Å². The predicted molar refractivity (Wildman–Crippen MR) is 128 cm³/mol. The number of β-lactam (4-membered cyclic amide) rings is 1. The first-order chi connectivity index (χ1) is 16.4. The maximum Gasteiger partial charge on any atom is 0.250 e. The van der Waals surface area contributed by atoms with Crippen molar-refractivity contribution in [2.75, 3.05) is 31.6 Å². The minimum Gasteiger partial charge on any atom is -0.362 e. The highest BCUT2D eigenvalue weighted by molar-refractivity contribution is 5.99. The first-order valence-corrected chi connectivity index (χ1v) is 11.5. The van der Waals surface area contributed by atoms with E-state index in [4.69, 9.17) is 4.74 Å². The zero-order valence-electron chi connectivity index (χ0n) is 19.5. The summed E-state index contributed by atoms with van der Waals surface area (Å²) in [6.07, 6.45) is 2.97. The van der Waals surface area contributed by atoms with E-state index in [0.717, 1.165) is 18.4 Å². The quantitative estimate of drug-likeness (QED) is 0.370. The van der Waals surface area contributed by atoms with Crippen LogP contribution >= 0.6 is 0 Å². The summed E-state index contributed by atoms with van der Waals surface area (Å²) < 4.78 is 5.20. The van der Waals surface area contributed by atoms with E-state index in [1.54, 1.807) is 12.1 Å². The molecule has 1 saturated heterocycles. The Morgan fingerprint density at radius 2 is 1.74 bits per heavy atom. The van der Waals surface area contributed by atoms with Crippen molar-refractivity contribution >= 4 is 29.3 Å². The van der Waals surface area contributed by atoms with E-state index in [1.807, 2.05) is 18.2 Å². The molecule has 2 aromatic rings. The van der Waals surface area contributed by atoms with Gasteiger partial charge in [-0.25, -0.2) is 0 Å². The summed E-state index contributed by atoms with van der Waals surface area (Å²) in [5.41, 5.74) is 4.00. The second kappa shape index (κ2) is 12.6. The zero-order valence-corrected chi connectivity index (χ0v) is 19.5. The lowest BCUT2D eigenvalue weighted by Gasteiger charge is -2.28. The van der Waals surface area contributed by atoms with Crippen molar-refractivity contribution in [1.29, 1.82) is 0 Å². The Morgan fingerprint density at radius 3 is 2.41 bits per heavy atom. The molecule has 1 aliphatic rings. The van der Waals surface area contributed by atoms with Gasteiger partial charge in [-0.3, -0.25) is 24.1 Å². The van der Waals surface area contributed by atoms with E-state index in [-0.39, 0.29) is 43.3 Å². The summed E-state index contributed by atoms with van der Waals surface area (Å²) in [5, 5.41) is 5.50. The molecule has 8 heteroatoms. The fourth-order valence-corrected chi connectivity index (χ4v) is 3.59. The molecule has 0 radical (unpaired) electrons. The number of aryl methyl sites for hydroxylation is 3. The van der Waals surface area contributed by atoms with Gasteiger partial charge in [0.15, 0.2) is 0 Å². The molecule has 3 rings (SSSR count). The summed E-state index contributed by atoms with van der Waals surface area (Å²) in [6, 6.07) is 15.4. The van der Waals surface area contributed by atoms with Gasteiger partial charge in [-0.15, -0.1) is 0 Å². The summed E-state index contributed by atoms with van der Waals surface area (Å²) in [4.78, 5) is 48.4. The summed E-state index contributed by atoms with van der Waals surface area (Å²) >= 11 is 0. The number of amides is 4. The minimum absolute atomic E-state index is 0.110. The number of likely N-dealkylation sites (tertiary alicyclic amines) is 1. The summed E-state index contributed by atoms with van der Waals surface area (Å²) in [7, 11) is 0. The number of nitrogens with one attached hydrogen (secondary N) is 2. The monoisotopic (exact) mass is 465 g/mol. The van der Waals surface area contributed by atoms with Crippen LogP contribution in [0.4, 0.5) is 5.69 Å². The van der Waals surface area contributed by atoms with Crippen LogP contribution in [0.15, 0.2) is 48.5 Å². The second-order valence-corrected chi connectivity index (χ2v) is 8.37. The molecule has 1 aliphatic heterocycles. The molecular formula is C26H31N3O5. The molecule has 0 spiro atoms. The number of ether oxygens (including phenoxy) is 1. The number of hydrogen-bond donors (Lipinski definition) is 2. The van der Waals surface area contributed by atoms with Gasteiger partial charge in [0.05, 0.1) is 0 Å². The fourth-order valence-electron chi connectivity index (χ4n) is 3.59. The highest BCUT2D eigenvalue weighted by Crippen LogP contribution is 2.14. The summed E-state index contributed by atoms with van der Waals surface area (Å²) in [6.45, 7) is 2.72. The largest absolute Gasteiger partial charge is 0.362 e. The van der Waals surface area contributed by atoms with Crippen LogP contribution in [0.3, 0.4) is 0 Å². The van der Waals surface area contributed by atoms with E-state index >= 15 is 0 Å². The molecule has 0 bridgehead atoms. The van der Waals surface area contributed by atoms with Crippen molar-refractivity contribution in [3.05, 3.63) is 65.2 Å². The van der Waals surface area contributed by atoms with Gasteiger partial charge < -0.3 is 15.4 Å². The maximum atomic E-state index is 12.0. The number of hydrogen-bond acceptors (Lipinski definition) is 5. The topological polar surface area (TPSA) is 105 Å². The third-order valence-corrected chi connectivity index (χ3v) is 5.53. The van der Waals surface area contributed by atoms with Gasteiger partial charge >= 0.3 is 0 Å². The number of carbonyl (C=O) groups excluding carboxylic acids is 4. The highest BCUT2D eigenvalue weighted by atomic mass is 16.5. The number of benzene rings is 2. The lowest BCUT2D eigenvalue weighted by Crippen LogP contribution is -2.47. The number of imide groups is 1. The third kappa shape index (κ3) is 8.12. The van der Waals surface area contributed by atoms with Crippen molar-refractivity contribution in [2.45, 2.75) is 39.0 Å². The predicted octanol–water partition coefficient (Wildman–Crippen LogP) is 2.39. The Balaban J connectivity index is 1.26. The molecule has 4 amide bonds. The molecule has 0 aliphatic carbocycles. The molecule has 180 valence electrons. The first-order valence-electron chi connectivity index (χ1n) is 11.5. The zero-order chi connectivity index (χ0) is 24.3. The molecule has 1 fully saturated rings. The Morgan fingerprint density at radius 1 is 0.971 bits per heavy atom. The Kier molecular flexibility index (Phi) is 9.34. The van der Waals surface area contributed by atoms with E-state index < -0.39 is 0 Å². The van der Waals surface area contributed by atoms with Gasteiger partial charge in [-0.1, -0.05) is 42.0 Å². The van der Waals surface area contributed by atoms with Crippen LogP contribution in [0.2, 0.25) is 0 Å². The molecule has 2 N–H and O–H groups in total. The van der Waals surface area contributed by atoms with Crippen molar-refractivity contribution in [2.24, 2.45) is 0 Å². The van der Waals surface area contributed by atoms with Gasteiger partial charge in [-0.2, -0.15) is 0 Å². The van der Waals surface area contributed by atoms with Gasteiger partial charge in [0.1, 0.15) is 13.2 Å². The average Bonchev–Trinajstić information content (AvgIpc) is 2.80. The molecule has 8 nitrogen and oxygen atoms in total. The molecule has 34 heavy (non-hydrogen) atoms. The summed E-state index contributed by atoms with van der Waals surface area (Å²) in [5.74, 6) is -0.871. The van der Waals surface area contributed by atoms with Crippen molar-refractivity contribution in [3.63, 3.8) is 0 Å². The third-order valence-electron chi connectivity index (χ3n) is 5.53. The number of carbonyl (C=O) groups is 4. The Hall–Kier alpha value is -3.52. The van der Waals surface area contributed by atoms with Crippen LogP contribution in [-0.2, 0) is 36.8 Å². The molecule has 0 atom stereocenters. The smallest absolute Gasteiger partial charge is 0.250 e. The Bertz CT molecular complexity index is 1020. The standard InChI is InChI=1S/C26H31N3O5/c1-19-4-2-5-21(16-19)6-3-14-27-23(30)17-34-18-24(31)28-22-10-7-20(8-11-22)9-12-25(32)29-15-13-26(29)33/h2,4-5,7-8,10-11,16H,3,6,9,12-15,17-18H2,1H3,(H,27,30)(H,28,31). The van der Waals surface area contributed by atoms with Crippen LogP contribution in [-0.4, -0.2) is 54.8 Å². The van der Waals surface area contributed by atoms with Crippen molar-refractivity contribution < 1.29 is 23.9 Å². The van der Waals surface area contributed by atoms with Crippen molar-refractivity contribution in [3.8, 4) is 0 Å². The molecule has 1 heterocycles. The number of anilines is 1. The SMILES string of the molecule is Cc1cccc(CCCNC(=O)COCC(=O)Nc2ccc(CCC(=O)N3CCC3=O)cc2)c1.